The van der Waals surface area contributed by atoms with Crippen molar-refractivity contribution in [3.8, 4) is 5.75 Å². The van der Waals surface area contributed by atoms with Gasteiger partial charge in [-0.2, -0.15) is 0 Å². The molecule has 2 aliphatic heterocycles. The molecular weight excluding hydrogens is 422 g/mol. The molecule has 0 saturated carbocycles. The normalized spacial score (nSPS) is 17.6. The Morgan fingerprint density at radius 1 is 1.03 bits per heavy atom. The number of carbonyl (C=O) groups is 1. The van der Waals surface area contributed by atoms with Crippen LogP contribution in [0.2, 0.25) is 5.02 Å². The molecule has 0 radical (unpaired) electrons. The zero-order valence-electron chi connectivity index (χ0n) is 17.3. The lowest BCUT2D eigenvalue weighted by Gasteiger charge is -2.36. The van der Waals surface area contributed by atoms with Crippen LogP contribution >= 0.6 is 11.6 Å². The summed E-state index contributed by atoms with van der Waals surface area (Å²) in [4.78, 5) is 31.0. The van der Waals surface area contributed by atoms with E-state index in [1.54, 1.807) is 4.90 Å². The van der Waals surface area contributed by atoms with Crippen molar-refractivity contribution in [3.63, 3.8) is 0 Å². The highest BCUT2D eigenvalue weighted by atomic mass is 35.5. The molecule has 1 aromatic heterocycles. The standard InChI is InChI=1S/C22H26ClN3O5/c23-17-1-3-18(4-2-17)25-5-7-26(8-6-25)22(28)16-31-21-15-30-19(13-20(21)27)14-24-9-11-29-12-10-24/h1-4,13,15H,5-12,14,16H2. The zero-order valence-corrected chi connectivity index (χ0v) is 18.1. The van der Waals surface area contributed by atoms with E-state index in [4.69, 9.17) is 25.5 Å². The number of halogens is 1. The van der Waals surface area contributed by atoms with Crippen molar-refractivity contribution in [1.29, 1.82) is 0 Å². The van der Waals surface area contributed by atoms with E-state index in [1.807, 2.05) is 24.3 Å². The van der Waals surface area contributed by atoms with Gasteiger partial charge in [-0.15, -0.1) is 0 Å². The van der Waals surface area contributed by atoms with Crippen LogP contribution in [0.5, 0.6) is 5.75 Å². The molecule has 0 bridgehead atoms. The Bertz CT molecular complexity index is 935. The molecule has 2 aliphatic rings. The molecule has 0 aliphatic carbocycles. The van der Waals surface area contributed by atoms with Gasteiger partial charge in [0.2, 0.25) is 11.2 Å². The van der Waals surface area contributed by atoms with Gasteiger partial charge >= 0.3 is 0 Å². The Morgan fingerprint density at radius 3 is 2.42 bits per heavy atom. The second kappa shape index (κ2) is 10.2. The van der Waals surface area contributed by atoms with Gasteiger partial charge in [-0.1, -0.05) is 11.6 Å². The number of nitrogens with zero attached hydrogens (tertiary/aromatic N) is 3. The summed E-state index contributed by atoms with van der Waals surface area (Å²) in [5.41, 5.74) is 0.803. The second-order valence-corrected chi connectivity index (χ2v) is 8.03. The summed E-state index contributed by atoms with van der Waals surface area (Å²) in [5.74, 6) is 0.482. The maximum atomic E-state index is 12.5. The molecule has 1 aromatic carbocycles. The molecule has 166 valence electrons. The van der Waals surface area contributed by atoms with E-state index in [0.29, 0.717) is 43.6 Å². The Labute approximate surface area is 185 Å². The number of benzene rings is 1. The first-order valence-electron chi connectivity index (χ1n) is 10.4. The van der Waals surface area contributed by atoms with Crippen LogP contribution in [-0.2, 0) is 16.1 Å². The average molecular weight is 448 g/mol. The van der Waals surface area contributed by atoms with Crippen LogP contribution in [0.4, 0.5) is 5.69 Å². The number of piperazine rings is 1. The molecular formula is C22H26ClN3O5. The number of rotatable bonds is 6. The van der Waals surface area contributed by atoms with Gasteiger partial charge in [0, 0.05) is 56.0 Å². The summed E-state index contributed by atoms with van der Waals surface area (Å²) >= 11 is 5.94. The third-order valence-electron chi connectivity index (χ3n) is 5.51. The third-order valence-corrected chi connectivity index (χ3v) is 5.76. The maximum absolute atomic E-state index is 12.5. The minimum Gasteiger partial charge on any atom is -0.477 e. The summed E-state index contributed by atoms with van der Waals surface area (Å²) in [5, 5.41) is 0.702. The minimum absolute atomic E-state index is 0.0545. The van der Waals surface area contributed by atoms with E-state index in [-0.39, 0.29) is 23.7 Å². The average Bonchev–Trinajstić information content (AvgIpc) is 2.80. The fraction of sp³-hybridized carbons (Fsp3) is 0.455. The largest absolute Gasteiger partial charge is 0.477 e. The number of amides is 1. The highest BCUT2D eigenvalue weighted by Gasteiger charge is 2.22. The van der Waals surface area contributed by atoms with Gasteiger partial charge in [0.05, 0.1) is 19.8 Å². The molecule has 0 spiro atoms. The van der Waals surface area contributed by atoms with Crippen molar-refractivity contribution in [2.75, 3.05) is 64.0 Å². The van der Waals surface area contributed by atoms with Gasteiger partial charge < -0.3 is 23.7 Å². The molecule has 4 rings (SSSR count). The van der Waals surface area contributed by atoms with Crippen molar-refractivity contribution >= 4 is 23.2 Å². The first kappa shape index (κ1) is 21.7. The molecule has 0 unspecified atom stereocenters. The number of ether oxygens (including phenoxy) is 2. The lowest BCUT2D eigenvalue weighted by molar-refractivity contribution is -0.133. The summed E-state index contributed by atoms with van der Waals surface area (Å²) < 4.78 is 16.3. The Balaban J connectivity index is 1.25. The fourth-order valence-electron chi connectivity index (χ4n) is 3.70. The van der Waals surface area contributed by atoms with Gasteiger partial charge in [0.25, 0.3) is 5.91 Å². The third kappa shape index (κ3) is 5.78. The van der Waals surface area contributed by atoms with Crippen LogP contribution < -0.4 is 15.1 Å². The lowest BCUT2D eigenvalue weighted by Crippen LogP contribution is -2.50. The van der Waals surface area contributed by atoms with Crippen molar-refractivity contribution in [2.45, 2.75) is 6.54 Å². The number of hydrogen-bond acceptors (Lipinski definition) is 7. The first-order valence-corrected chi connectivity index (χ1v) is 10.8. The molecule has 31 heavy (non-hydrogen) atoms. The number of morpholine rings is 1. The van der Waals surface area contributed by atoms with Crippen molar-refractivity contribution in [3.05, 3.63) is 57.6 Å². The molecule has 0 N–H and O–H groups in total. The molecule has 9 heteroatoms. The topological polar surface area (TPSA) is 75.5 Å². The van der Waals surface area contributed by atoms with Crippen LogP contribution in [0.25, 0.3) is 0 Å². The highest BCUT2D eigenvalue weighted by molar-refractivity contribution is 6.30. The monoisotopic (exact) mass is 447 g/mol. The molecule has 2 saturated heterocycles. The number of carbonyl (C=O) groups excluding carboxylic acids is 1. The van der Waals surface area contributed by atoms with Gasteiger partial charge in [-0.05, 0) is 24.3 Å². The van der Waals surface area contributed by atoms with Gasteiger partial charge in [-0.25, -0.2) is 0 Å². The van der Waals surface area contributed by atoms with E-state index >= 15 is 0 Å². The summed E-state index contributed by atoms with van der Waals surface area (Å²) in [6.45, 7) is 5.99. The van der Waals surface area contributed by atoms with Gasteiger partial charge in [0.1, 0.15) is 12.0 Å². The number of anilines is 1. The maximum Gasteiger partial charge on any atom is 0.260 e. The fourth-order valence-corrected chi connectivity index (χ4v) is 3.83. The number of hydrogen-bond donors (Lipinski definition) is 0. The predicted molar refractivity (Wildman–Crippen MR) is 117 cm³/mol. The highest BCUT2D eigenvalue weighted by Crippen LogP contribution is 2.19. The van der Waals surface area contributed by atoms with Crippen molar-refractivity contribution in [2.24, 2.45) is 0 Å². The van der Waals surface area contributed by atoms with Gasteiger partial charge in [-0.3, -0.25) is 14.5 Å². The van der Waals surface area contributed by atoms with E-state index in [9.17, 15) is 9.59 Å². The van der Waals surface area contributed by atoms with E-state index in [2.05, 4.69) is 9.80 Å². The van der Waals surface area contributed by atoms with Crippen LogP contribution in [0.15, 0.2) is 45.8 Å². The molecule has 0 atom stereocenters. The molecule has 1 amide bonds. The molecule has 2 aromatic rings. The van der Waals surface area contributed by atoms with Crippen LogP contribution in [0.3, 0.4) is 0 Å². The smallest absolute Gasteiger partial charge is 0.260 e. The molecule has 3 heterocycles. The Kier molecular flexibility index (Phi) is 7.11. The second-order valence-electron chi connectivity index (χ2n) is 7.60. The van der Waals surface area contributed by atoms with E-state index in [1.165, 1.54) is 12.3 Å². The summed E-state index contributed by atoms with van der Waals surface area (Å²) in [6, 6.07) is 9.11. The van der Waals surface area contributed by atoms with Crippen LogP contribution in [0.1, 0.15) is 5.76 Å². The summed E-state index contributed by atoms with van der Waals surface area (Å²) in [7, 11) is 0. The van der Waals surface area contributed by atoms with Crippen molar-refractivity contribution < 1.29 is 18.7 Å². The first-order chi connectivity index (χ1) is 15.1. The molecule has 8 nitrogen and oxygen atoms in total. The Morgan fingerprint density at radius 2 is 1.74 bits per heavy atom. The quantitative estimate of drug-likeness (QED) is 0.669. The van der Waals surface area contributed by atoms with Crippen molar-refractivity contribution in [1.82, 2.24) is 9.80 Å². The minimum atomic E-state index is -0.283. The van der Waals surface area contributed by atoms with E-state index in [0.717, 1.165) is 31.9 Å². The zero-order chi connectivity index (χ0) is 21.6. The van der Waals surface area contributed by atoms with E-state index < -0.39 is 0 Å². The summed E-state index contributed by atoms with van der Waals surface area (Å²) in [6.07, 6.45) is 1.30. The lowest BCUT2D eigenvalue weighted by atomic mass is 10.2. The van der Waals surface area contributed by atoms with Gasteiger partial charge in [0.15, 0.2) is 6.61 Å². The SMILES string of the molecule is O=C(COc1coc(CN2CCOCC2)cc1=O)N1CCN(c2ccc(Cl)cc2)CC1. The molecule has 2 fully saturated rings. The Hall–Kier alpha value is -2.55. The van der Waals surface area contributed by atoms with Crippen LogP contribution in [-0.4, -0.2) is 74.8 Å². The predicted octanol–water partition coefficient (Wildman–Crippen LogP) is 1.85. The van der Waals surface area contributed by atoms with Crippen LogP contribution in [0, 0.1) is 0 Å².